The molecule has 0 saturated carbocycles. The van der Waals surface area contributed by atoms with E-state index in [2.05, 4.69) is 0 Å². The van der Waals surface area contributed by atoms with Gasteiger partial charge in [0.1, 0.15) is 17.2 Å². The van der Waals surface area contributed by atoms with Gasteiger partial charge in [-0.25, -0.2) is 9.59 Å². The number of benzene rings is 2. The van der Waals surface area contributed by atoms with Crippen LogP contribution in [0.15, 0.2) is 54.6 Å². The Bertz CT molecular complexity index is 1020. The first-order valence-corrected chi connectivity index (χ1v) is 11.7. The lowest BCUT2D eigenvalue weighted by atomic mass is 9.87. The van der Waals surface area contributed by atoms with Crippen LogP contribution in [0.1, 0.15) is 75.4 Å². The Morgan fingerprint density at radius 2 is 1.44 bits per heavy atom. The van der Waals surface area contributed by atoms with E-state index in [0.29, 0.717) is 18.5 Å². The van der Waals surface area contributed by atoms with Gasteiger partial charge in [-0.3, -0.25) is 9.69 Å². The molecule has 0 aliphatic carbocycles. The third kappa shape index (κ3) is 6.69. The zero-order chi connectivity index (χ0) is 25.1. The summed E-state index contributed by atoms with van der Waals surface area (Å²) >= 11 is 0. The van der Waals surface area contributed by atoms with Crippen molar-refractivity contribution in [1.29, 1.82) is 0 Å². The number of hydrogen-bond acceptors (Lipinski definition) is 5. The zero-order valence-electron chi connectivity index (χ0n) is 21.0. The van der Waals surface area contributed by atoms with Crippen LogP contribution in [0.2, 0.25) is 0 Å². The summed E-state index contributed by atoms with van der Waals surface area (Å²) in [6.45, 7) is 11.4. The standard InChI is InChI=1S/C28H35NO5/c1-27(2,3)33-25(31)21-14-12-19(13-15-21)18-23(30)24-22(20-10-8-7-9-11-20)16-17-29(24)26(32)34-28(4,5)6/h7-15,22,24H,16-18H2,1-6H3/t22-,24-/m0/s1. The summed E-state index contributed by atoms with van der Waals surface area (Å²) in [6.07, 6.45) is 0.378. The van der Waals surface area contributed by atoms with E-state index in [9.17, 15) is 14.4 Å². The molecule has 1 aliphatic rings. The van der Waals surface area contributed by atoms with Gasteiger partial charge in [-0.2, -0.15) is 0 Å². The molecule has 6 heteroatoms. The van der Waals surface area contributed by atoms with Gasteiger partial charge in [0.05, 0.1) is 5.56 Å². The van der Waals surface area contributed by atoms with Crippen molar-refractivity contribution < 1.29 is 23.9 Å². The number of hydrogen-bond donors (Lipinski definition) is 0. The minimum atomic E-state index is -0.646. The fraction of sp³-hybridized carbons (Fsp3) is 0.464. The topological polar surface area (TPSA) is 72.9 Å². The maximum absolute atomic E-state index is 13.5. The number of likely N-dealkylation sites (tertiary alicyclic amines) is 1. The lowest BCUT2D eigenvalue weighted by Crippen LogP contribution is -2.45. The van der Waals surface area contributed by atoms with Crippen LogP contribution >= 0.6 is 0 Å². The Morgan fingerprint density at radius 1 is 0.853 bits per heavy atom. The van der Waals surface area contributed by atoms with Crippen molar-refractivity contribution in [3.05, 3.63) is 71.3 Å². The molecule has 0 unspecified atom stereocenters. The smallest absolute Gasteiger partial charge is 0.410 e. The summed E-state index contributed by atoms with van der Waals surface area (Å²) in [6, 6.07) is 16.1. The second kappa shape index (κ2) is 10.00. The maximum atomic E-state index is 13.5. The Balaban J connectivity index is 1.80. The predicted octanol–water partition coefficient (Wildman–Crippen LogP) is 5.55. The Morgan fingerprint density at radius 3 is 2.00 bits per heavy atom. The van der Waals surface area contributed by atoms with Crippen LogP contribution in [-0.4, -0.2) is 46.5 Å². The molecule has 34 heavy (non-hydrogen) atoms. The molecule has 1 heterocycles. The molecule has 1 saturated heterocycles. The van der Waals surface area contributed by atoms with E-state index >= 15 is 0 Å². The number of Topliss-reactive ketones (excluding diaryl/α,β-unsaturated/α-hetero) is 1. The summed E-state index contributed by atoms with van der Waals surface area (Å²) in [4.78, 5) is 40.3. The molecule has 2 aromatic carbocycles. The lowest BCUT2D eigenvalue weighted by molar-refractivity contribution is -0.123. The third-order valence-electron chi connectivity index (χ3n) is 5.55. The van der Waals surface area contributed by atoms with E-state index in [-0.39, 0.29) is 18.1 Å². The third-order valence-corrected chi connectivity index (χ3v) is 5.55. The number of ether oxygens (including phenoxy) is 2. The lowest BCUT2D eigenvalue weighted by Gasteiger charge is -2.30. The monoisotopic (exact) mass is 465 g/mol. The molecule has 2 atom stereocenters. The van der Waals surface area contributed by atoms with E-state index < -0.39 is 29.3 Å². The van der Waals surface area contributed by atoms with Crippen LogP contribution in [0.4, 0.5) is 4.79 Å². The van der Waals surface area contributed by atoms with Gasteiger partial charge in [0.15, 0.2) is 5.78 Å². The number of carbonyl (C=O) groups excluding carboxylic acids is 3. The molecule has 1 aliphatic heterocycles. The fourth-order valence-electron chi connectivity index (χ4n) is 4.17. The van der Waals surface area contributed by atoms with Crippen LogP contribution < -0.4 is 0 Å². The molecule has 1 amide bonds. The quantitative estimate of drug-likeness (QED) is 0.542. The number of nitrogens with zero attached hydrogens (tertiary/aromatic N) is 1. The first-order chi connectivity index (χ1) is 15.8. The van der Waals surface area contributed by atoms with Crippen molar-refractivity contribution in [1.82, 2.24) is 4.90 Å². The second-order valence-corrected chi connectivity index (χ2v) is 10.8. The van der Waals surface area contributed by atoms with Gasteiger partial charge in [-0.05, 0) is 71.2 Å². The van der Waals surface area contributed by atoms with E-state index in [4.69, 9.17) is 9.47 Å². The van der Waals surface area contributed by atoms with Crippen molar-refractivity contribution in [2.75, 3.05) is 6.54 Å². The van der Waals surface area contributed by atoms with Gasteiger partial charge in [-0.1, -0.05) is 42.5 Å². The maximum Gasteiger partial charge on any atom is 0.410 e. The number of amides is 1. The van der Waals surface area contributed by atoms with Gasteiger partial charge in [0.25, 0.3) is 0 Å². The molecule has 2 aromatic rings. The van der Waals surface area contributed by atoms with Crippen molar-refractivity contribution in [2.24, 2.45) is 0 Å². The highest BCUT2D eigenvalue weighted by Crippen LogP contribution is 2.35. The van der Waals surface area contributed by atoms with E-state index in [0.717, 1.165) is 11.1 Å². The van der Waals surface area contributed by atoms with Crippen LogP contribution in [0.3, 0.4) is 0 Å². The molecule has 0 radical (unpaired) electrons. The van der Waals surface area contributed by atoms with E-state index in [1.54, 1.807) is 29.2 Å². The van der Waals surface area contributed by atoms with Gasteiger partial charge in [-0.15, -0.1) is 0 Å². The highest BCUT2D eigenvalue weighted by Gasteiger charge is 2.43. The van der Waals surface area contributed by atoms with E-state index in [1.165, 1.54) is 0 Å². The highest BCUT2D eigenvalue weighted by atomic mass is 16.6. The SMILES string of the molecule is CC(C)(C)OC(=O)c1ccc(CC(=O)[C@@H]2[C@H](c3ccccc3)CCN2C(=O)OC(C)(C)C)cc1. The van der Waals surface area contributed by atoms with Gasteiger partial charge in [0, 0.05) is 18.9 Å². The molecule has 1 fully saturated rings. The van der Waals surface area contributed by atoms with Crippen LogP contribution in [0.5, 0.6) is 0 Å². The number of ketones is 1. The molecule has 0 aromatic heterocycles. The molecule has 0 spiro atoms. The summed E-state index contributed by atoms with van der Waals surface area (Å²) in [5.74, 6) is -0.550. The molecule has 0 N–H and O–H groups in total. The van der Waals surface area contributed by atoms with Crippen molar-refractivity contribution in [3.8, 4) is 0 Å². The normalized spacial score (nSPS) is 18.5. The molecule has 3 rings (SSSR count). The minimum absolute atomic E-state index is 0.0535. The number of esters is 1. The second-order valence-electron chi connectivity index (χ2n) is 10.8. The fourth-order valence-corrected chi connectivity index (χ4v) is 4.17. The number of rotatable bonds is 5. The van der Waals surface area contributed by atoms with Crippen molar-refractivity contribution in [2.45, 2.75) is 77.5 Å². The van der Waals surface area contributed by atoms with Crippen LogP contribution in [0, 0.1) is 0 Å². The summed E-state index contributed by atoms with van der Waals surface area (Å²) in [7, 11) is 0. The van der Waals surface area contributed by atoms with E-state index in [1.807, 2.05) is 71.9 Å². The first-order valence-electron chi connectivity index (χ1n) is 11.7. The zero-order valence-corrected chi connectivity index (χ0v) is 21.0. The average Bonchev–Trinajstić information content (AvgIpc) is 3.18. The van der Waals surface area contributed by atoms with Crippen LogP contribution in [-0.2, 0) is 20.7 Å². The molecule has 6 nitrogen and oxygen atoms in total. The molecular weight excluding hydrogens is 430 g/mol. The number of carbonyl (C=O) groups is 3. The molecule has 0 bridgehead atoms. The predicted molar refractivity (Wildman–Crippen MR) is 131 cm³/mol. The summed E-state index contributed by atoms with van der Waals surface area (Å²) in [5, 5.41) is 0. The summed E-state index contributed by atoms with van der Waals surface area (Å²) in [5.41, 5.74) is 1.02. The largest absolute Gasteiger partial charge is 0.456 e. The Labute approximate surface area is 202 Å². The van der Waals surface area contributed by atoms with Gasteiger partial charge < -0.3 is 9.47 Å². The van der Waals surface area contributed by atoms with Crippen LogP contribution in [0.25, 0.3) is 0 Å². The van der Waals surface area contributed by atoms with Crippen molar-refractivity contribution in [3.63, 3.8) is 0 Å². The molecule has 182 valence electrons. The Kier molecular flexibility index (Phi) is 7.49. The minimum Gasteiger partial charge on any atom is -0.456 e. The van der Waals surface area contributed by atoms with Crippen molar-refractivity contribution >= 4 is 17.8 Å². The molecular formula is C28H35NO5. The first kappa shape index (κ1) is 25.5. The Hall–Kier alpha value is -3.15. The average molecular weight is 466 g/mol. The summed E-state index contributed by atoms with van der Waals surface area (Å²) < 4.78 is 11.0. The van der Waals surface area contributed by atoms with Gasteiger partial charge in [0.2, 0.25) is 0 Å². The van der Waals surface area contributed by atoms with Gasteiger partial charge >= 0.3 is 12.1 Å². The highest BCUT2D eigenvalue weighted by molar-refractivity contribution is 5.92.